The van der Waals surface area contributed by atoms with E-state index in [1.165, 1.54) is 13.0 Å². The lowest BCUT2D eigenvalue weighted by Crippen LogP contribution is -2.11. The molecule has 1 rings (SSSR count). The first-order chi connectivity index (χ1) is 8.43. The second kappa shape index (κ2) is 5.58. The minimum Gasteiger partial charge on any atom is -0.465 e. The van der Waals surface area contributed by atoms with Gasteiger partial charge in [-0.25, -0.2) is 4.79 Å². The molecule has 8 heteroatoms. The van der Waals surface area contributed by atoms with E-state index in [9.17, 15) is 19.7 Å². The fourth-order valence-electron chi connectivity index (χ4n) is 1.44. The van der Waals surface area contributed by atoms with Gasteiger partial charge in [0.25, 0.3) is 5.69 Å². The van der Waals surface area contributed by atoms with Crippen molar-refractivity contribution in [1.29, 1.82) is 0 Å². The predicted molar refractivity (Wildman–Crippen MR) is 66.6 cm³/mol. The SMILES string of the molecule is COC(=O)c1cc(Br)c(C)c([N+](=O)[O-])c1NC=O. The molecule has 0 aliphatic carbocycles. The van der Waals surface area contributed by atoms with E-state index >= 15 is 0 Å². The minimum atomic E-state index is -0.775. The molecule has 0 heterocycles. The Kier molecular flexibility index (Phi) is 4.38. The third kappa shape index (κ3) is 2.48. The molecular formula is C10H9BrN2O5. The number of halogens is 1. The Hall–Kier alpha value is -1.96. The summed E-state index contributed by atoms with van der Waals surface area (Å²) < 4.78 is 4.90. The summed E-state index contributed by atoms with van der Waals surface area (Å²) in [5, 5.41) is 13.2. The van der Waals surface area contributed by atoms with Crippen molar-refractivity contribution in [1.82, 2.24) is 0 Å². The Morgan fingerprint density at radius 1 is 1.61 bits per heavy atom. The van der Waals surface area contributed by atoms with Crippen molar-refractivity contribution in [2.75, 3.05) is 12.4 Å². The van der Waals surface area contributed by atoms with Crippen molar-refractivity contribution in [2.24, 2.45) is 0 Å². The number of amides is 1. The Balaban J connectivity index is 3.66. The molecule has 0 atom stereocenters. The van der Waals surface area contributed by atoms with Gasteiger partial charge in [0.05, 0.1) is 17.6 Å². The largest absolute Gasteiger partial charge is 0.465 e. The maximum atomic E-state index is 11.5. The topological polar surface area (TPSA) is 98.5 Å². The number of rotatable bonds is 4. The van der Waals surface area contributed by atoms with Gasteiger partial charge in [0.2, 0.25) is 6.41 Å². The fourth-order valence-corrected chi connectivity index (χ4v) is 1.86. The van der Waals surface area contributed by atoms with Gasteiger partial charge in [-0.3, -0.25) is 14.9 Å². The number of nitrogens with zero attached hydrogens (tertiary/aromatic N) is 1. The van der Waals surface area contributed by atoms with Crippen LogP contribution in [0.2, 0.25) is 0 Å². The van der Waals surface area contributed by atoms with Gasteiger partial charge in [-0.05, 0) is 13.0 Å². The third-order valence-electron chi connectivity index (χ3n) is 2.28. The predicted octanol–water partition coefficient (Wildman–Crippen LogP) is 2.02. The first kappa shape index (κ1) is 14.1. The van der Waals surface area contributed by atoms with Crippen molar-refractivity contribution in [2.45, 2.75) is 6.92 Å². The number of carbonyl (C=O) groups is 2. The lowest BCUT2D eigenvalue weighted by molar-refractivity contribution is -0.384. The quantitative estimate of drug-likeness (QED) is 0.396. The fraction of sp³-hybridized carbons (Fsp3) is 0.200. The molecule has 0 aliphatic heterocycles. The van der Waals surface area contributed by atoms with Gasteiger partial charge in [0.15, 0.2) is 0 Å². The van der Waals surface area contributed by atoms with E-state index in [0.29, 0.717) is 10.0 Å². The number of ether oxygens (including phenoxy) is 1. The maximum absolute atomic E-state index is 11.5. The second-order valence-electron chi connectivity index (χ2n) is 3.27. The van der Waals surface area contributed by atoms with Crippen LogP contribution in [0, 0.1) is 17.0 Å². The normalized spacial score (nSPS) is 9.72. The van der Waals surface area contributed by atoms with Crippen LogP contribution in [-0.2, 0) is 9.53 Å². The zero-order valence-corrected chi connectivity index (χ0v) is 11.1. The van der Waals surface area contributed by atoms with Crippen molar-refractivity contribution < 1.29 is 19.2 Å². The zero-order chi connectivity index (χ0) is 13.9. The smallest absolute Gasteiger partial charge is 0.340 e. The molecule has 0 bridgehead atoms. The summed E-state index contributed by atoms with van der Waals surface area (Å²) in [5.74, 6) is -0.775. The van der Waals surface area contributed by atoms with Gasteiger partial charge in [-0.2, -0.15) is 0 Å². The van der Waals surface area contributed by atoms with E-state index in [0.717, 1.165) is 7.11 Å². The number of benzene rings is 1. The molecular weight excluding hydrogens is 308 g/mol. The van der Waals surface area contributed by atoms with Crippen LogP contribution in [0.3, 0.4) is 0 Å². The number of nitro benzene ring substituents is 1. The summed E-state index contributed by atoms with van der Waals surface area (Å²) in [5.41, 5.74) is -0.315. The van der Waals surface area contributed by atoms with E-state index in [2.05, 4.69) is 26.0 Å². The molecule has 1 aromatic rings. The first-order valence-electron chi connectivity index (χ1n) is 4.70. The van der Waals surface area contributed by atoms with E-state index in [4.69, 9.17) is 0 Å². The number of hydrogen-bond donors (Lipinski definition) is 1. The van der Waals surface area contributed by atoms with Gasteiger partial charge < -0.3 is 10.1 Å². The molecule has 0 radical (unpaired) electrons. The molecule has 0 fully saturated rings. The molecule has 0 aromatic heterocycles. The average molecular weight is 317 g/mol. The zero-order valence-electron chi connectivity index (χ0n) is 9.52. The van der Waals surface area contributed by atoms with Crippen LogP contribution in [0.4, 0.5) is 11.4 Å². The van der Waals surface area contributed by atoms with Crippen molar-refractivity contribution in [3.05, 3.63) is 31.8 Å². The van der Waals surface area contributed by atoms with Gasteiger partial charge in [-0.15, -0.1) is 0 Å². The van der Waals surface area contributed by atoms with Crippen LogP contribution >= 0.6 is 15.9 Å². The van der Waals surface area contributed by atoms with Gasteiger partial charge in [-0.1, -0.05) is 15.9 Å². The van der Waals surface area contributed by atoms with Crippen molar-refractivity contribution >= 4 is 39.7 Å². The second-order valence-corrected chi connectivity index (χ2v) is 4.12. The molecule has 7 nitrogen and oxygen atoms in total. The van der Waals surface area contributed by atoms with Crippen LogP contribution in [0.15, 0.2) is 10.5 Å². The Labute approximate surface area is 110 Å². The van der Waals surface area contributed by atoms with Crippen molar-refractivity contribution in [3.8, 4) is 0 Å². The van der Waals surface area contributed by atoms with Gasteiger partial charge >= 0.3 is 5.97 Å². The van der Waals surface area contributed by atoms with Crippen LogP contribution in [0.25, 0.3) is 0 Å². The molecule has 1 aromatic carbocycles. The lowest BCUT2D eigenvalue weighted by atomic mass is 10.1. The molecule has 0 unspecified atom stereocenters. The molecule has 1 N–H and O–H groups in total. The number of methoxy groups -OCH3 is 1. The summed E-state index contributed by atoms with van der Waals surface area (Å²) in [6.45, 7) is 1.50. The molecule has 1 amide bonds. The highest BCUT2D eigenvalue weighted by Gasteiger charge is 2.27. The van der Waals surface area contributed by atoms with Crippen LogP contribution in [-0.4, -0.2) is 24.4 Å². The Morgan fingerprint density at radius 3 is 2.67 bits per heavy atom. The van der Waals surface area contributed by atoms with Gasteiger partial charge in [0, 0.05) is 10.0 Å². The standard InChI is InChI=1S/C10H9BrN2O5/c1-5-7(11)3-6(10(15)18-2)8(12-4-14)9(5)13(16)17/h3-4H,1-2H3,(H,12,14). The molecule has 18 heavy (non-hydrogen) atoms. The summed E-state index contributed by atoms with van der Waals surface area (Å²) in [4.78, 5) is 32.4. The summed E-state index contributed by atoms with van der Waals surface area (Å²) in [6.07, 6.45) is 0.266. The highest BCUT2D eigenvalue weighted by molar-refractivity contribution is 9.10. The maximum Gasteiger partial charge on any atom is 0.340 e. The van der Waals surface area contributed by atoms with E-state index in [1.54, 1.807) is 0 Å². The number of hydrogen-bond acceptors (Lipinski definition) is 5. The van der Waals surface area contributed by atoms with Crippen LogP contribution < -0.4 is 5.32 Å². The molecule has 0 spiro atoms. The van der Waals surface area contributed by atoms with Crippen molar-refractivity contribution in [3.63, 3.8) is 0 Å². The summed E-state index contributed by atoms with van der Waals surface area (Å²) in [7, 11) is 1.15. The first-order valence-corrected chi connectivity index (χ1v) is 5.49. The van der Waals surface area contributed by atoms with E-state index in [1.807, 2.05) is 0 Å². The van der Waals surface area contributed by atoms with Crippen LogP contribution in [0.1, 0.15) is 15.9 Å². The monoisotopic (exact) mass is 316 g/mol. The van der Waals surface area contributed by atoms with E-state index < -0.39 is 10.9 Å². The lowest BCUT2D eigenvalue weighted by Gasteiger charge is -2.10. The number of esters is 1. The molecule has 0 saturated heterocycles. The van der Waals surface area contributed by atoms with E-state index in [-0.39, 0.29) is 23.3 Å². The summed E-state index contributed by atoms with van der Waals surface area (Å²) >= 11 is 3.12. The molecule has 0 saturated carbocycles. The number of carbonyl (C=O) groups excluding carboxylic acids is 2. The minimum absolute atomic E-state index is 0.0891. The van der Waals surface area contributed by atoms with Gasteiger partial charge in [0.1, 0.15) is 5.69 Å². The third-order valence-corrected chi connectivity index (χ3v) is 3.11. The number of anilines is 1. The molecule has 0 aliphatic rings. The average Bonchev–Trinajstić information content (AvgIpc) is 2.32. The molecule has 96 valence electrons. The van der Waals surface area contributed by atoms with Crippen LogP contribution in [0.5, 0.6) is 0 Å². The number of nitro groups is 1. The summed E-state index contributed by atoms with van der Waals surface area (Å²) in [6, 6.07) is 1.36. The highest BCUT2D eigenvalue weighted by atomic mass is 79.9. The Bertz CT molecular complexity index is 529. The highest BCUT2D eigenvalue weighted by Crippen LogP contribution is 2.36. The Morgan fingerprint density at radius 2 is 2.22 bits per heavy atom. The number of nitrogens with one attached hydrogen (secondary N) is 1.